The van der Waals surface area contributed by atoms with Crippen LogP contribution < -0.4 is 10.1 Å². The molecule has 0 radical (unpaired) electrons. The lowest BCUT2D eigenvalue weighted by molar-refractivity contribution is 0.341. The van der Waals surface area contributed by atoms with Gasteiger partial charge in [-0.15, -0.1) is 0 Å². The fourth-order valence-electron chi connectivity index (χ4n) is 3.23. The highest BCUT2D eigenvalue weighted by Gasteiger charge is 2.14. The molecule has 2 heterocycles. The molecule has 4 aromatic rings. The van der Waals surface area contributed by atoms with Crippen LogP contribution in [-0.4, -0.2) is 33.3 Å². The molecule has 0 aliphatic heterocycles. The first-order valence-electron chi connectivity index (χ1n) is 9.97. The first kappa shape index (κ1) is 23.0. The molecule has 0 amide bonds. The minimum atomic E-state index is -0.594. The van der Waals surface area contributed by atoms with E-state index in [4.69, 9.17) is 21.5 Å². The Hall–Kier alpha value is -3.18. The van der Waals surface area contributed by atoms with Crippen molar-refractivity contribution < 1.29 is 18.0 Å². The minimum absolute atomic E-state index is 0.0174. The van der Waals surface area contributed by atoms with E-state index >= 15 is 0 Å². The van der Waals surface area contributed by atoms with Gasteiger partial charge in [-0.05, 0) is 49.8 Å². The predicted molar refractivity (Wildman–Crippen MR) is 126 cm³/mol. The summed E-state index contributed by atoms with van der Waals surface area (Å²) < 4.78 is 39.2. The number of nitrogens with zero attached hydrogens (tertiary/aromatic N) is 3. The molecule has 2 N–H and O–H groups in total. The summed E-state index contributed by atoms with van der Waals surface area (Å²) in [6, 6.07) is 9.77. The van der Waals surface area contributed by atoms with E-state index < -0.39 is 11.6 Å². The second kappa shape index (κ2) is 10.2. The fourth-order valence-corrected chi connectivity index (χ4v) is 3.77. The zero-order valence-corrected chi connectivity index (χ0v) is 19.8. The molecule has 7 nitrogen and oxygen atoms in total. The van der Waals surface area contributed by atoms with E-state index in [1.807, 2.05) is 25.1 Å². The predicted octanol–water partition coefficient (Wildman–Crippen LogP) is 5.95. The largest absolute Gasteiger partial charge is 0.493 e. The van der Waals surface area contributed by atoms with Gasteiger partial charge < -0.3 is 14.6 Å². The number of anilines is 1. The van der Waals surface area contributed by atoms with Crippen molar-refractivity contribution in [1.82, 2.24) is 20.1 Å². The van der Waals surface area contributed by atoms with Gasteiger partial charge in [0.15, 0.2) is 5.82 Å². The zero-order valence-electron chi connectivity index (χ0n) is 17.4. The van der Waals surface area contributed by atoms with E-state index in [1.165, 1.54) is 18.5 Å². The number of aromatic amines is 1. The van der Waals surface area contributed by atoms with Crippen LogP contribution in [0.2, 0.25) is 0 Å². The Morgan fingerprint density at radius 2 is 1.94 bits per heavy atom. The lowest BCUT2D eigenvalue weighted by Gasteiger charge is -2.11. The van der Waals surface area contributed by atoms with Crippen molar-refractivity contribution >= 4 is 34.0 Å². The fraction of sp³-hybridized carbons (Fsp3) is 0.182. The summed E-state index contributed by atoms with van der Waals surface area (Å²) in [5.41, 5.74) is 2.16. The molecule has 0 atom stereocenters. The number of aromatic nitrogens is 4. The van der Waals surface area contributed by atoms with E-state index in [-0.39, 0.29) is 16.8 Å². The maximum atomic E-state index is 14.0. The van der Waals surface area contributed by atoms with Crippen LogP contribution in [0.15, 0.2) is 51.7 Å². The second-order valence-corrected chi connectivity index (χ2v) is 8.15. The van der Waals surface area contributed by atoms with Gasteiger partial charge >= 0.3 is 4.84 Å². The van der Waals surface area contributed by atoms with Crippen molar-refractivity contribution in [2.45, 2.75) is 13.3 Å². The van der Waals surface area contributed by atoms with E-state index in [1.54, 1.807) is 6.07 Å². The monoisotopic (exact) mass is 533 g/mol. The third-order valence-electron chi connectivity index (χ3n) is 4.72. The topological polar surface area (TPSA) is 88.9 Å². The average Bonchev–Trinajstić information content (AvgIpc) is 3.22. The van der Waals surface area contributed by atoms with Gasteiger partial charge in [-0.25, -0.2) is 23.9 Å². The Morgan fingerprint density at radius 1 is 1.15 bits per heavy atom. The summed E-state index contributed by atoms with van der Waals surface area (Å²) >= 11 is 8.01. The van der Waals surface area contributed by atoms with Gasteiger partial charge in [-0.1, -0.05) is 22.0 Å². The Kier molecular flexibility index (Phi) is 7.09. The summed E-state index contributed by atoms with van der Waals surface area (Å²) in [6.45, 7) is 2.63. The molecule has 170 valence electrons. The van der Waals surface area contributed by atoms with Crippen molar-refractivity contribution in [2.75, 3.05) is 18.5 Å². The first-order valence-corrected chi connectivity index (χ1v) is 11.2. The summed E-state index contributed by atoms with van der Waals surface area (Å²) in [7, 11) is 0. The number of nitrogens with one attached hydrogen (secondary N) is 2. The molecule has 33 heavy (non-hydrogen) atoms. The maximum Gasteiger partial charge on any atom is 0.314 e. The molecule has 0 aliphatic rings. The van der Waals surface area contributed by atoms with Crippen LogP contribution in [0.1, 0.15) is 12.5 Å². The van der Waals surface area contributed by atoms with Gasteiger partial charge in [0, 0.05) is 28.2 Å². The Labute approximate surface area is 201 Å². The smallest absolute Gasteiger partial charge is 0.314 e. The van der Waals surface area contributed by atoms with Gasteiger partial charge in [0.05, 0.1) is 17.9 Å². The summed E-state index contributed by atoms with van der Waals surface area (Å²) in [6.07, 6.45) is 1.58. The number of hydrogen-bond donors (Lipinski definition) is 2. The standard InChI is InChI=1S/C22H18BrF2N5O2S/c1-2-31-19-7-12(3-4-15(19)21-29-22(33)32-30-21)18-10-20(28-11-27-18)26-6-5-14-16(24)8-13(23)9-17(14)25/h3-4,7-11H,2,5-6H2,1H3,(H,26,27,28)(H,29,30,33). The third-order valence-corrected chi connectivity index (χ3v) is 5.36. The normalized spacial score (nSPS) is 10.9. The van der Waals surface area contributed by atoms with Crippen LogP contribution in [-0.2, 0) is 6.42 Å². The van der Waals surface area contributed by atoms with Crippen molar-refractivity contribution in [3.05, 3.63) is 69.2 Å². The van der Waals surface area contributed by atoms with Gasteiger partial charge in [0.25, 0.3) is 0 Å². The number of H-pyrrole nitrogens is 1. The summed E-state index contributed by atoms with van der Waals surface area (Å²) in [5, 5.41) is 5.76. The maximum absolute atomic E-state index is 14.0. The number of rotatable bonds is 8. The highest BCUT2D eigenvalue weighted by atomic mass is 79.9. The molecule has 0 unspecified atom stereocenters. The minimum Gasteiger partial charge on any atom is -0.493 e. The molecule has 4 rings (SSSR count). The van der Waals surface area contributed by atoms with Crippen LogP contribution in [0, 0.1) is 16.5 Å². The van der Waals surface area contributed by atoms with E-state index in [0.29, 0.717) is 46.3 Å². The summed E-state index contributed by atoms with van der Waals surface area (Å²) in [4.78, 5) is 12.8. The van der Waals surface area contributed by atoms with E-state index in [0.717, 1.165) is 5.56 Å². The third kappa shape index (κ3) is 5.42. The number of ether oxygens (including phenoxy) is 1. The molecule has 0 saturated heterocycles. The van der Waals surface area contributed by atoms with Crippen molar-refractivity contribution in [2.24, 2.45) is 0 Å². The molecule has 0 bridgehead atoms. The lowest BCUT2D eigenvalue weighted by atomic mass is 10.1. The molecular weight excluding hydrogens is 516 g/mol. The van der Waals surface area contributed by atoms with Gasteiger partial charge in [0.1, 0.15) is 29.5 Å². The highest BCUT2D eigenvalue weighted by Crippen LogP contribution is 2.32. The van der Waals surface area contributed by atoms with Crippen molar-refractivity contribution in [1.29, 1.82) is 0 Å². The lowest BCUT2D eigenvalue weighted by Crippen LogP contribution is -2.09. The van der Waals surface area contributed by atoms with Crippen molar-refractivity contribution in [3.8, 4) is 28.4 Å². The zero-order chi connectivity index (χ0) is 23.4. The number of benzene rings is 2. The van der Waals surface area contributed by atoms with E-state index in [2.05, 4.69) is 41.4 Å². The highest BCUT2D eigenvalue weighted by molar-refractivity contribution is 9.10. The molecule has 0 fully saturated rings. The number of halogens is 3. The van der Waals surface area contributed by atoms with Gasteiger partial charge in [0.2, 0.25) is 0 Å². The summed E-state index contributed by atoms with van der Waals surface area (Å²) in [5.74, 6) is 0.392. The molecule has 2 aromatic carbocycles. The van der Waals surface area contributed by atoms with Crippen molar-refractivity contribution in [3.63, 3.8) is 0 Å². The van der Waals surface area contributed by atoms with Crippen LogP contribution in [0.4, 0.5) is 14.6 Å². The Morgan fingerprint density at radius 3 is 2.64 bits per heavy atom. The van der Waals surface area contributed by atoms with Crippen LogP contribution >= 0.6 is 28.1 Å². The van der Waals surface area contributed by atoms with Crippen LogP contribution in [0.25, 0.3) is 22.6 Å². The molecule has 11 heteroatoms. The van der Waals surface area contributed by atoms with Gasteiger partial charge in [-0.3, -0.25) is 0 Å². The number of hydrogen-bond acceptors (Lipinski definition) is 7. The van der Waals surface area contributed by atoms with E-state index in [9.17, 15) is 8.78 Å². The van der Waals surface area contributed by atoms with Crippen LogP contribution in [0.5, 0.6) is 5.75 Å². The Balaban J connectivity index is 1.52. The quantitative estimate of drug-likeness (QED) is 0.270. The van der Waals surface area contributed by atoms with Gasteiger partial charge in [-0.2, -0.15) is 4.98 Å². The molecule has 0 spiro atoms. The second-order valence-electron chi connectivity index (χ2n) is 6.89. The molecular formula is C22H18BrF2N5O2S. The molecule has 0 saturated carbocycles. The average molecular weight is 534 g/mol. The Bertz CT molecular complexity index is 1320. The molecule has 0 aliphatic carbocycles. The first-order chi connectivity index (χ1) is 15.9. The SMILES string of the molecule is CCOc1cc(-c2cc(NCCc3c(F)cc(Br)cc3F)ncn2)ccc1-c1nc(=S)o[nH]1. The molecule has 2 aromatic heterocycles. The van der Waals surface area contributed by atoms with Crippen LogP contribution in [0.3, 0.4) is 0 Å².